The van der Waals surface area contributed by atoms with Crippen molar-refractivity contribution in [2.45, 2.75) is 26.2 Å². The number of phenolic OH excluding ortho intramolecular Hbond substituents is 1. The molecular formula is C24H25N3O2. The van der Waals surface area contributed by atoms with Crippen LogP contribution in [0.4, 0.5) is 5.69 Å². The van der Waals surface area contributed by atoms with Crippen LogP contribution in [0, 0.1) is 6.92 Å². The van der Waals surface area contributed by atoms with Gasteiger partial charge in [0.05, 0.1) is 11.8 Å². The zero-order valence-electron chi connectivity index (χ0n) is 16.6. The van der Waals surface area contributed by atoms with Crippen molar-refractivity contribution in [2.24, 2.45) is 5.10 Å². The molecule has 3 aromatic rings. The summed E-state index contributed by atoms with van der Waals surface area (Å²) in [5.41, 5.74) is 6.03. The molecule has 0 unspecified atom stereocenters. The molecule has 1 fully saturated rings. The van der Waals surface area contributed by atoms with E-state index in [2.05, 4.69) is 27.6 Å². The molecule has 0 bridgehead atoms. The number of anilines is 1. The van der Waals surface area contributed by atoms with Gasteiger partial charge in [0.2, 0.25) is 0 Å². The van der Waals surface area contributed by atoms with Crippen molar-refractivity contribution in [1.29, 1.82) is 0 Å². The van der Waals surface area contributed by atoms with Crippen LogP contribution in [0.15, 0.2) is 59.7 Å². The predicted molar refractivity (Wildman–Crippen MR) is 118 cm³/mol. The van der Waals surface area contributed by atoms with Crippen LogP contribution >= 0.6 is 0 Å². The van der Waals surface area contributed by atoms with E-state index in [1.165, 1.54) is 24.9 Å². The lowest BCUT2D eigenvalue weighted by molar-refractivity contribution is 0.0952. The molecule has 3 aromatic carbocycles. The van der Waals surface area contributed by atoms with Crippen LogP contribution in [0.3, 0.4) is 0 Å². The summed E-state index contributed by atoms with van der Waals surface area (Å²) in [6.07, 6.45) is 5.45. The molecule has 1 amide bonds. The summed E-state index contributed by atoms with van der Waals surface area (Å²) < 4.78 is 0. The number of phenols is 1. The Hall–Kier alpha value is -3.34. The summed E-state index contributed by atoms with van der Waals surface area (Å²) in [6, 6.07) is 17.2. The normalized spacial score (nSPS) is 14.4. The quantitative estimate of drug-likeness (QED) is 0.508. The smallest absolute Gasteiger partial charge is 0.275 e. The molecule has 148 valence electrons. The molecule has 0 spiro atoms. The number of aromatic hydroxyl groups is 1. The molecule has 4 rings (SSSR count). The minimum atomic E-state index is -0.438. The van der Waals surface area contributed by atoms with Crippen molar-refractivity contribution in [1.82, 2.24) is 5.43 Å². The minimum Gasteiger partial charge on any atom is -0.507 e. The average molecular weight is 387 g/mol. The van der Waals surface area contributed by atoms with E-state index in [4.69, 9.17) is 0 Å². The van der Waals surface area contributed by atoms with Gasteiger partial charge in [-0.05, 0) is 72.4 Å². The third-order valence-corrected chi connectivity index (χ3v) is 5.45. The Kier molecular flexibility index (Phi) is 5.47. The van der Waals surface area contributed by atoms with Crippen LogP contribution in [-0.2, 0) is 0 Å². The second-order valence-corrected chi connectivity index (χ2v) is 7.50. The Morgan fingerprint density at radius 3 is 2.48 bits per heavy atom. The van der Waals surface area contributed by atoms with Crippen LogP contribution in [0.5, 0.6) is 5.75 Å². The average Bonchev–Trinajstić information content (AvgIpc) is 2.75. The van der Waals surface area contributed by atoms with Crippen molar-refractivity contribution in [3.8, 4) is 5.75 Å². The van der Waals surface area contributed by atoms with Crippen molar-refractivity contribution >= 4 is 28.6 Å². The lowest BCUT2D eigenvalue weighted by Crippen LogP contribution is -2.29. The van der Waals surface area contributed by atoms with Gasteiger partial charge < -0.3 is 10.0 Å². The van der Waals surface area contributed by atoms with Crippen LogP contribution in [0.1, 0.15) is 40.7 Å². The fourth-order valence-corrected chi connectivity index (χ4v) is 3.78. The number of hydrogen-bond acceptors (Lipinski definition) is 4. The molecule has 1 saturated heterocycles. The molecule has 29 heavy (non-hydrogen) atoms. The molecule has 2 N–H and O–H groups in total. The van der Waals surface area contributed by atoms with E-state index in [9.17, 15) is 9.90 Å². The lowest BCUT2D eigenvalue weighted by Gasteiger charge is -2.29. The van der Waals surface area contributed by atoms with Crippen LogP contribution in [0.25, 0.3) is 10.8 Å². The standard InChI is InChI=1S/C24H25N3O2/c1-17-13-21(27-11-5-2-6-12-27)10-9-20(17)16-25-26-24(29)22-14-18-7-3-4-8-19(18)15-23(22)28/h3-4,7-10,13-16,28H,2,5-6,11-12H2,1H3,(H,26,29). The first-order valence-corrected chi connectivity index (χ1v) is 10.0. The van der Waals surface area contributed by atoms with E-state index in [0.29, 0.717) is 0 Å². The molecule has 0 atom stereocenters. The van der Waals surface area contributed by atoms with Gasteiger partial charge in [0.15, 0.2) is 0 Å². The van der Waals surface area contributed by atoms with E-state index in [1.54, 1.807) is 18.3 Å². The number of amides is 1. The summed E-state index contributed by atoms with van der Waals surface area (Å²) in [4.78, 5) is 14.9. The maximum atomic E-state index is 12.5. The Bertz CT molecular complexity index is 1070. The highest BCUT2D eigenvalue weighted by molar-refractivity contribution is 6.01. The highest BCUT2D eigenvalue weighted by Crippen LogP contribution is 2.25. The Labute approximate surface area is 170 Å². The Morgan fingerprint density at radius 1 is 1.03 bits per heavy atom. The third kappa shape index (κ3) is 4.24. The Balaban J connectivity index is 1.46. The van der Waals surface area contributed by atoms with E-state index in [1.807, 2.05) is 37.3 Å². The van der Waals surface area contributed by atoms with Gasteiger partial charge in [-0.25, -0.2) is 5.43 Å². The summed E-state index contributed by atoms with van der Waals surface area (Å²) in [5, 5.41) is 16.0. The van der Waals surface area contributed by atoms with Gasteiger partial charge >= 0.3 is 0 Å². The summed E-state index contributed by atoms with van der Waals surface area (Å²) in [7, 11) is 0. The molecule has 0 aromatic heterocycles. The van der Waals surface area contributed by atoms with E-state index in [0.717, 1.165) is 35.0 Å². The monoisotopic (exact) mass is 387 g/mol. The van der Waals surface area contributed by atoms with Gasteiger partial charge in [-0.3, -0.25) is 4.79 Å². The molecule has 0 radical (unpaired) electrons. The summed E-state index contributed by atoms with van der Waals surface area (Å²) >= 11 is 0. The van der Waals surface area contributed by atoms with Crippen molar-refractivity contribution < 1.29 is 9.90 Å². The van der Waals surface area contributed by atoms with Crippen molar-refractivity contribution in [3.63, 3.8) is 0 Å². The van der Waals surface area contributed by atoms with Crippen LogP contribution in [-0.4, -0.2) is 30.3 Å². The SMILES string of the molecule is Cc1cc(N2CCCCC2)ccc1C=NNC(=O)c1cc2ccccc2cc1O. The molecule has 5 heteroatoms. The van der Waals surface area contributed by atoms with Gasteiger partial charge in [0.1, 0.15) is 5.75 Å². The predicted octanol–water partition coefficient (Wildman–Crippen LogP) is 4.61. The van der Waals surface area contributed by atoms with Gasteiger partial charge in [-0.2, -0.15) is 5.10 Å². The first-order chi connectivity index (χ1) is 14.1. The first-order valence-electron chi connectivity index (χ1n) is 10.0. The number of hydrogen-bond donors (Lipinski definition) is 2. The van der Waals surface area contributed by atoms with E-state index in [-0.39, 0.29) is 11.3 Å². The van der Waals surface area contributed by atoms with Gasteiger partial charge in [-0.15, -0.1) is 0 Å². The maximum Gasteiger partial charge on any atom is 0.275 e. The molecule has 1 heterocycles. The number of carbonyl (C=O) groups excluding carboxylic acids is 1. The van der Waals surface area contributed by atoms with Crippen LogP contribution < -0.4 is 10.3 Å². The van der Waals surface area contributed by atoms with Crippen molar-refractivity contribution in [2.75, 3.05) is 18.0 Å². The zero-order chi connectivity index (χ0) is 20.2. The second-order valence-electron chi connectivity index (χ2n) is 7.50. The number of carbonyl (C=O) groups is 1. The highest BCUT2D eigenvalue weighted by atomic mass is 16.3. The fourth-order valence-electron chi connectivity index (χ4n) is 3.78. The number of rotatable bonds is 4. The molecule has 1 aliphatic rings. The molecule has 5 nitrogen and oxygen atoms in total. The first kappa shape index (κ1) is 19.0. The number of aryl methyl sites for hydroxylation is 1. The molecule has 0 aliphatic carbocycles. The number of nitrogens with one attached hydrogen (secondary N) is 1. The number of piperidine rings is 1. The topological polar surface area (TPSA) is 64.9 Å². The maximum absolute atomic E-state index is 12.5. The second kappa shape index (κ2) is 8.35. The Morgan fingerprint density at radius 2 is 1.76 bits per heavy atom. The number of nitrogens with zero attached hydrogens (tertiary/aromatic N) is 2. The molecular weight excluding hydrogens is 362 g/mol. The fraction of sp³-hybridized carbons (Fsp3) is 0.250. The highest BCUT2D eigenvalue weighted by Gasteiger charge is 2.13. The minimum absolute atomic E-state index is 0.0570. The zero-order valence-corrected chi connectivity index (χ0v) is 16.6. The number of hydrazone groups is 1. The van der Waals surface area contributed by atoms with Gasteiger partial charge in [0.25, 0.3) is 5.91 Å². The van der Waals surface area contributed by atoms with E-state index < -0.39 is 5.91 Å². The number of benzene rings is 3. The van der Waals surface area contributed by atoms with Gasteiger partial charge in [0, 0.05) is 18.8 Å². The lowest BCUT2D eigenvalue weighted by atomic mass is 10.1. The van der Waals surface area contributed by atoms with E-state index >= 15 is 0 Å². The largest absolute Gasteiger partial charge is 0.507 e. The third-order valence-electron chi connectivity index (χ3n) is 5.45. The van der Waals surface area contributed by atoms with Crippen LogP contribution in [0.2, 0.25) is 0 Å². The molecule has 1 aliphatic heterocycles. The van der Waals surface area contributed by atoms with Gasteiger partial charge in [-0.1, -0.05) is 30.3 Å². The number of fused-ring (bicyclic) bond motifs is 1. The summed E-state index contributed by atoms with van der Waals surface area (Å²) in [5.74, 6) is -0.495. The molecule has 0 saturated carbocycles. The summed E-state index contributed by atoms with van der Waals surface area (Å²) in [6.45, 7) is 4.27. The van der Waals surface area contributed by atoms with Crippen molar-refractivity contribution in [3.05, 3.63) is 71.3 Å².